The van der Waals surface area contributed by atoms with Gasteiger partial charge in [0.15, 0.2) is 5.78 Å². The maximum Gasteiger partial charge on any atom is 0.313 e. The van der Waals surface area contributed by atoms with E-state index in [0.29, 0.717) is 10.0 Å². The Morgan fingerprint density at radius 3 is 2.60 bits per heavy atom. The number of benzene rings is 1. The van der Waals surface area contributed by atoms with E-state index in [1.807, 2.05) is 0 Å². The fourth-order valence-electron chi connectivity index (χ4n) is 1.01. The molecule has 0 bridgehead atoms. The van der Waals surface area contributed by atoms with Crippen LogP contribution in [-0.4, -0.2) is 18.9 Å². The van der Waals surface area contributed by atoms with Crippen LogP contribution in [0, 0.1) is 0 Å². The van der Waals surface area contributed by atoms with Crippen molar-refractivity contribution in [2.45, 2.75) is 6.42 Å². The molecular formula is C10H8Br2O3. The average Bonchev–Trinajstić information content (AvgIpc) is 2.21. The van der Waals surface area contributed by atoms with Gasteiger partial charge in [0.1, 0.15) is 6.42 Å². The summed E-state index contributed by atoms with van der Waals surface area (Å²) in [6, 6.07) is 5.21. The van der Waals surface area contributed by atoms with Crippen LogP contribution >= 0.6 is 31.9 Å². The molecule has 3 nitrogen and oxygen atoms in total. The Hall–Kier alpha value is -0.680. The van der Waals surface area contributed by atoms with Crippen molar-refractivity contribution in [2.75, 3.05) is 7.11 Å². The molecule has 0 saturated carbocycles. The molecule has 1 aromatic carbocycles. The van der Waals surface area contributed by atoms with E-state index in [2.05, 4.69) is 36.6 Å². The molecule has 1 rings (SSSR count). The van der Waals surface area contributed by atoms with Gasteiger partial charge in [0, 0.05) is 14.5 Å². The summed E-state index contributed by atoms with van der Waals surface area (Å²) in [5.74, 6) is -0.804. The van der Waals surface area contributed by atoms with Crippen molar-refractivity contribution in [3.63, 3.8) is 0 Å². The van der Waals surface area contributed by atoms with Crippen LogP contribution in [0.1, 0.15) is 16.8 Å². The predicted octanol–water partition coefficient (Wildman–Crippen LogP) is 2.96. The highest BCUT2D eigenvalue weighted by atomic mass is 79.9. The van der Waals surface area contributed by atoms with E-state index >= 15 is 0 Å². The van der Waals surface area contributed by atoms with Crippen LogP contribution in [0.2, 0.25) is 0 Å². The van der Waals surface area contributed by atoms with Crippen LogP contribution in [0.4, 0.5) is 0 Å². The highest BCUT2D eigenvalue weighted by molar-refractivity contribution is 9.11. The Morgan fingerprint density at radius 1 is 1.33 bits per heavy atom. The van der Waals surface area contributed by atoms with Crippen molar-refractivity contribution in [3.8, 4) is 0 Å². The van der Waals surface area contributed by atoms with E-state index in [9.17, 15) is 9.59 Å². The summed E-state index contributed by atoms with van der Waals surface area (Å²) in [7, 11) is 1.26. The van der Waals surface area contributed by atoms with E-state index in [1.54, 1.807) is 18.2 Å². The summed E-state index contributed by atoms with van der Waals surface area (Å²) in [5, 5.41) is 0. The number of halogens is 2. The topological polar surface area (TPSA) is 43.4 Å². The molecule has 0 atom stereocenters. The number of hydrogen-bond acceptors (Lipinski definition) is 3. The first kappa shape index (κ1) is 12.4. The van der Waals surface area contributed by atoms with Crippen molar-refractivity contribution < 1.29 is 14.3 Å². The number of ether oxygens (including phenoxy) is 1. The summed E-state index contributed by atoms with van der Waals surface area (Å²) >= 11 is 6.51. The van der Waals surface area contributed by atoms with Crippen molar-refractivity contribution in [1.29, 1.82) is 0 Å². The summed E-state index contributed by atoms with van der Waals surface area (Å²) in [6.45, 7) is 0. The van der Waals surface area contributed by atoms with Crippen molar-refractivity contribution in [2.24, 2.45) is 0 Å². The third-order valence-electron chi connectivity index (χ3n) is 1.76. The molecule has 0 saturated heterocycles. The van der Waals surface area contributed by atoms with Gasteiger partial charge < -0.3 is 4.74 Å². The minimum Gasteiger partial charge on any atom is -0.469 e. The Morgan fingerprint density at radius 2 is 2.00 bits per heavy atom. The van der Waals surface area contributed by atoms with Crippen LogP contribution in [-0.2, 0) is 9.53 Å². The number of carbonyl (C=O) groups is 2. The minimum absolute atomic E-state index is 0.244. The van der Waals surface area contributed by atoms with E-state index in [1.165, 1.54) is 7.11 Å². The van der Waals surface area contributed by atoms with Crippen LogP contribution in [0.3, 0.4) is 0 Å². The van der Waals surface area contributed by atoms with Gasteiger partial charge in [-0.05, 0) is 18.2 Å². The highest BCUT2D eigenvalue weighted by Crippen LogP contribution is 2.22. The Labute approximate surface area is 104 Å². The third kappa shape index (κ3) is 3.43. The zero-order chi connectivity index (χ0) is 11.4. The molecule has 0 unspecified atom stereocenters. The molecule has 0 aliphatic carbocycles. The van der Waals surface area contributed by atoms with Gasteiger partial charge in [-0.25, -0.2) is 0 Å². The molecular weight excluding hydrogens is 328 g/mol. The Bertz CT molecular complexity index is 402. The molecule has 0 aliphatic rings. The normalized spacial score (nSPS) is 9.80. The van der Waals surface area contributed by atoms with Crippen molar-refractivity contribution in [1.82, 2.24) is 0 Å². The van der Waals surface area contributed by atoms with Gasteiger partial charge in [0.2, 0.25) is 0 Å². The molecule has 0 aromatic heterocycles. The molecule has 0 radical (unpaired) electrons. The van der Waals surface area contributed by atoms with Gasteiger partial charge in [-0.15, -0.1) is 0 Å². The second-order valence-electron chi connectivity index (χ2n) is 2.80. The second-order valence-corrected chi connectivity index (χ2v) is 4.57. The number of esters is 1. The first-order valence-corrected chi connectivity index (χ1v) is 5.68. The van der Waals surface area contributed by atoms with E-state index in [-0.39, 0.29) is 12.2 Å². The zero-order valence-electron chi connectivity index (χ0n) is 7.92. The summed E-state index contributed by atoms with van der Waals surface area (Å²) in [5.41, 5.74) is 0.467. The predicted molar refractivity (Wildman–Crippen MR) is 62.8 cm³/mol. The maximum absolute atomic E-state index is 11.6. The number of methoxy groups -OCH3 is 1. The molecule has 0 spiro atoms. The third-order valence-corrected chi connectivity index (χ3v) is 2.95. The Balaban J connectivity index is 2.91. The number of Topliss-reactive ketones (excluding diaryl/α,β-unsaturated/α-hetero) is 1. The van der Waals surface area contributed by atoms with Gasteiger partial charge in [0.25, 0.3) is 0 Å². The quantitative estimate of drug-likeness (QED) is 0.484. The van der Waals surface area contributed by atoms with Gasteiger partial charge >= 0.3 is 5.97 Å². The lowest BCUT2D eigenvalue weighted by molar-refractivity contribution is -0.139. The van der Waals surface area contributed by atoms with Crippen molar-refractivity contribution in [3.05, 3.63) is 32.7 Å². The van der Waals surface area contributed by atoms with Crippen LogP contribution < -0.4 is 0 Å². The molecule has 1 aromatic rings. The number of hydrogen-bond donors (Lipinski definition) is 0. The Kier molecular flexibility index (Phi) is 4.47. The number of carbonyl (C=O) groups excluding carboxylic acids is 2. The van der Waals surface area contributed by atoms with E-state index < -0.39 is 5.97 Å². The first-order chi connectivity index (χ1) is 7.04. The van der Waals surface area contributed by atoms with Gasteiger partial charge in [-0.1, -0.05) is 31.9 Å². The summed E-state index contributed by atoms with van der Waals surface area (Å²) in [4.78, 5) is 22.6. The van der Waals surface area contributed by atoms with Crippen LogP contribution in [0.25, 0.3) is 0 Å². The fraction of sp³-hybridized carbons (Fsp3) is 0.200. The fourth-order valence-corrected chi connectivity index (χ4v) is 1.84. The van der Waals surface area contributed by atoms with Crippen LogP contribution in [0.15, 0.2) is 27.1 Å². The standard InChI is InChI=1S/C10H8Br2O3/c1-15-10(14)5-9(13)7-4-6(11)2-3-8(7)12/h2-4H,5H2,1H3. The molecule has 15 heavy (non-hydrogen) atoms. The molecule has 0 N–H and O–H groups in total. The summed E-state index contributed by atoms with van der Waals surface area (Å²) in [6.07, 6.45) is -0.244. The minimum atomic E-state index is -0.535. The van der Waals surface area contributed by atoms with Gasteiger partial charge in [-0.2, -0.15) is 0 Å². The summed E-state index contributed by atoms with van der Waals surface area (Å²) < 4.78 is 5.88. The molecule has 0 heterocycles. The second kappa shape index (κ2) is 5.42. The van der Waals surface area contributed by atoms with Gasteiger partial charge in [0.05, 0.1) is 7.11 Å². The first-order valence-electron chi connectivity index (χ1n) is 4.09. The molecule has 0 amide bonds. The number of ketones is 1. The molecule has 0 aliphatic heterocycles. The number of rotatable bonds is 3. The smallest absolute Gasteiger partial charge is 0.313 e. The molecule has 5 heteroatoms. The van der Waals surface area contributed by atoms with E-state index in [0.717, 1.165) is 4.47 Å². The lowest BCUT2D eigenvalue weighted by Gasteiger charge is -2.03. The average molecular weight is 336 g/mol. The maximum atomic E-state index is 11.6. The van der Waals surface area contributed by atoms with Crippen LogP contribution in [0.5, 0.6) is 0 Å². The van der Waals surface area contributed by atoms with Crippen molar-refractivity contribution >= 4 is 43.6 Å². The monoisotopic (exact) mass is 334 g/mol. The van der Waals surface area contributed by atoms with E-state index in [4.69, 9.17) is 0 Å². The zero-order valence-corrected chi connectivity index (χ0v) is 11.1. The largest absolute Gasteiger partial charge is 0.469 e. The highest BCUT2D eigenvalue weighted by Gasteiger charge is 2.14. The van der Waals surface area contributed by atoms with Gasteiger partial charge in [-0.3, -0.25) is 9.59 Å². The SMILES string of the molecule is COC(=O)CC(=O)c1cc(Br)ccc1Br. The molecule has 0 fully saturated rings. The lowest BCUT2D eigenvalue weighted by Crippen LogP contribution is -2.10. The molecule has 80 valence electrons. The lowest BCUT2D eigenvalue weighted by atomic mass is 10.1.